The van der Waals surface area contributed by atoms with E-state index in [9.17, 15) is 33.0 Å². The highest BCUT2D eigenvalue weighted by Crippen LogP contribution is 2.43. The van der Waals surface area contributed by atoms with E-state index >= 15 is 0 Å². The van der Waals surface area contributed by atoms with Crippen molar-refractivity contribution in [1.29, 1.82) is 0 Å². The number of ether oxygens (including phenoxy) is 2. The Bertz CT molecular complexity index is 1760. The van der Waals surface area contributed by atoms with Gasteiger partial charge < -0.3 is 29.9 Å². The van der Waals surface area contributed by atoms with Gasteiger partial charge in [0.2, 0.25) is 11.1 Å². The average molecular weight is 699 g/mol. The number of thioether (sulfide) groups is 1. The van der Waals surface area contributed by atoms with Crippen LogP contribution in [0.4, 0.5) is 18.9 Å². The molecule has 0 aliphatic carbocycles. The first-order valence-electron chi connectivity index (χ1n) is 15.5. The lowest BCUT2D eigenvalue weighted by atomic mass is 9.91. The third kappa shape index (κ3) is 7.72. The summed E-state index contributed by atoms with van der Waals surface area (Å²) in [5.74, 6) is -2.28. The summed E-state index contributed by atoms with van der Waals surface area (Å²) in [6.45, 7) is 1.78. The normalized spacial score (nSPS) is 22.6. The molecule has 5 atom stereocenters. The molecule has 3 N–H and O–H groups in total. The van der Waals surface area contributed by atoms with Crippen LogP contribution in [0.25, 0.3) is 5.69 Å². The molecule has 0 spiro atoms. The van der Waals surface area contributed by atoms with Crippen molar-refractivity contribution in [2.75, 3.05) is 17.6 Å². The monoisotopic (exact) mass is 698 g/mol. The van der Waals surface area contributed by atoms with Crippen LogP contribution in [-0.4, -0.2) is 77.8 Å². The molecule has 3 heterocycles. The fourth-order valence-corrected chi connectivity index (χ4v) is 6.94. The standard InChI is InChI=1S/C33H33F3N6O6S/c1-19-27(18-49-32-38-39-40-42(32)24-12-14-25(44)15-13-24)47-30(48-28(19)21-6-4-20(17-43)5-7-21)22-8-10-23(11-9-22)37-29(45)26-3-2-16-41(26)31(46)33(34,35)36/h4-15,19,26-28,30,43-44H,2-3,16-18H2,1H3,(H,37,45)/t19-,26-,27+,28+,30+/m0/s1. The van der Waals surface area contributed by atoms with E-state index in [1.54, 1.807) is 53.2 Å². The number of likely N-dealkylation sites (tertiary alicyclic amines) is 1. The van der Waals surface area contributed by atoms with Crippen LogP contribution in [-0.2, 0) is 25.7 Å². The first-order chi connectivity index (χ1) is 23.5. The Morgan fingerprint density at radius 1 is 1.00 bits per heavy atom. The second-order valence-electron chi connectivity index (χ2n) is 11.8. The molecule has 0 radical (unpaired) electrons. The van der Waals surface area contributed by atoms with Gasteiger partial charge >= 0.3 is 12.1 Å². The van der Waals surface area contributed by atoms with E-state index in [4.69, 9.17) is 9.47 Å². The van der Waals surface area contributed by atoms with E-state index in [0.717, 1.165) is 11.1 Å². The van der Waals surface area contributed by atoms with Gasteiger partial charge in [-0.2, -0.15) is 17.9 Å². The van der Waals surface area contributed by atoms with Crippen molar-refractivity contribution in [1.82, 2.24) is 25.1 Å². The second kappa shape index (κ2) is 14.5. The molecule has 6 rings (SSSR count). The number of aliphatic hydroxyl groups is 1. The summed E-state index contributed by atoms with van der Waals surface area (Å²) in [4.78, 5) is 25.3. The highest BCUT2D eigenvalue weighted by molar-refractivity contribution is 7.99. The fourth-order valence-electron chi connectivity index (χ4n) is 5.89. The Labute approximate surface area is 283 Å². The molecular formula is C33H33F3N6O6S. The minimum atomic E-state index is -5.06. The third-order valence-corrected chi connectivity index (χ3v) is 9.55. The van der Waals surface area contributed by atoms with Crippen LogP contribution < -0.4 is 5.32 Å². The predicted octanol–water partition coefficient (Wildman–Crippen LogP) is 4.94. The molecule has 4 aromatic rings. The number of aliphatic hydroxyl groups excluding tert-OH is 1. The molecule has 2 aliphatic heterocycles. The minimum absolute atomic E-state index is 0.0948. The number of anilines is 1. The van der Waals surface area contributed by atoms with Gasteiger partial charge in [-0.1, -0.05) is 55.1 Å². The molecule has 258 valence electrons. The van der Waals surface area contributed by atoms with Crippen molar-refractivity contribution in [2.45, 2.75) is 62.2 Å². The van der Waals surface area contributed by atoms with Crippen molar-refractivity contribution in [3.63, 3.8) is 0 Å². The lowest BCUT2D eigenvalue weighted by molar-refractivity contribution is -0.268. The molecule has 3 aromatic carbocycles. The Morgan fingerprint density at radius 2 is 1.69 bits per heavy atom. The summed E-state index contributed by atoms with van der Waals surface area (Å²) >= 11 is 1.39. The maximum atomic E-state index is 13.1. The number of aromatic nitrogens is 4. The smallest absolute Gasteiger partial charge is 0.471 e. The summed E-state index contributed by atoms with van der Waals surface area (Å²) in [5.41, 5.74) is 3.30. The van der Waals surface area contributed by atoms with Gasteiger partial charge in [0.15, 0.2) is 6.29 Å². The number of carbonyl (C=O) groups is 2. The second-order valence-corrected chi connectivity index (χ2v) is 12.8. The van der Waals surface area contributed by atoms with E-state index in [0.29, 0.717) is 39.2 Å². The van der Waals surface area contributed by atoms with Gasteiger partial charge in [0.25, 0.3) is 0 Å². The molecule has 0 saturated carbocycles. The summed E-state index contributed by atoms with van der Waals surface area (Å²) < 4.78 is 53.7. The topological polar surface area (TPSA) is 152 Å². The number of halogens is 3. The van der Waals surface area contributed by atoms with Gasteiger partial charge in [0.1, 0.15) is 11.8 Å². The molecule has 16 heteroatoms. The van der Waals surface area contributed by atoms with E-state index in [-0.39, 0.29) is 37.3 Å². The zero-order valence-corrected chi connectivity index (χ0v) is 27.0. The number of phenolic OH excluding ortho intramolecular Hbond substituents is 1. The number of hydrogen-bond donors (Lipinski definition) is 3. The quantitative estimate of drug-likeness (QED) is 0.205. The first kappa shape index (κ1) is 34.4. The number of benzene rings is 3. The van der Waals surface area contributed by atoms with Crippen molar-refractivity contribution in [3.8, 4) is 11.4 Å². The van der Waals surface area contributed by atoms with Gasteiger partial charge in [0, 0.05) is 29.5 Å². The molecule has 2 aliphatic rings. The molecule has 2 saturated heterocycles. The summed E-state index contributed by atoms with van der Waals surface area (Å²) in [5, 5.41) is 34.4. The molecule has 0 unspecified atom stereocenters. The number of tetrazole rings is 1. The number of alkyl halides is 3. The molecule has 1 aromatic heterocycles. The molecular weight excluding hydrogens is 665 g/mol. The number of aromatic hydroxyl groups is 1. The van der Waals surface area contributed by atoms with Crippen LogP contribution >= 0.6 is 11.8 Å². The molecule has 2 amide bonds. The Hall–Kier alpha value is -4.51. The number of nitrogens with zero attached hydrogens (tertiary/aromatic N) is 5. The van der Waals surface area contributed by atoms with E-state index in [2.05, 4.69) is 20.8 Å². The predicted molar refractivity (Wildman–Crippen MR) is 170 cm³/mol. The van der Waals surface area contributed by atoms with Crippen molar-refractivity contribution in [2.24, 2.45) is 5.92 Å². The SMILES string of the molecule is C[C@H]1[C@@H](CSc2nnnn2-c2ccc(O)cc2)O[C@@H](c2ccc(NC(=O)[C@@H]3CCCN3C(=O)C(F)(F)F)cc2)O[C@H]1c1ccc(CO)cc1. The lowest BCUT2D eigenvalue weighted by Crippen LogP contribution is -2.48. The van der Waals surface area contributed by atoms with Crippen LogP contribution in [0.1, 0.15) is 48.8 Å². The highest BCUT2D eigenvalue weighted by atomic mass is 32.2. The van der Waals surface area contributed by atoms with Crippen LogP contribution in [0.3, 0.4) is 0 Å². The molecule has 0 bridgehead atoms. The van der Waals surface area contributed by atoms with Crippen molar-refractivity contribution in [3.05, 3.63) is 89.5 Å². The summed E-state index contributed by atoms with van der Waals surface area (Å²) in [6.07, 6.45) is -6.20. The number of amides is 2. The maximum absolute atomic E-state index is 13.1. The Morgan fingerprint density at radius 3 is 2.37 bits per heavy atom. The number of rotatable bonds is 9. The Kier molecular flexibility index (Phi) is 10.2. The maximum Gasteiger partial charge on any atom is 0.471 e. The molecule has 2 fully saturated rings. The molecule has 49 heavy (non-hydrogen) atoms. The van der Waals surface area contributed by atoms with Crippen LogP contribution in [0.2, 0.25) is 0 Å². The van der Waals surface area contributed by atoms with Gasteiger partial charge in [-0.05, 0) is 70.8 Å². The van der Waals surface area contributed by atoms with Crippen LogP contribution in [0.15, 0.2) is 78.0 Å². The number of phenols is 1. The van der Waals surface area contributed by atoms with Gasteiger partial charge in [-0.3, -0.25) is 9.59 Å². The van der Waals surface area contributed by atoms with Crippen LogP contribution in [0.5, 0.6) is 5.75 Å². The highest BCUT2D eigenvalue weighted by Gasteiger charge is 2.47. The van der Waals surface area contributed by atoms with E-state index < -0.39 is 36.4 Å². The largest absolute Gasteiger partial charge is 0.508 e. The van der Waals surface area contributed by atoms with Gasteiger partial charge in [-0.15, -0.1) is 5.10 Å². The number of carbonyl (C=O) groups excluding carboxylic acids is 2. The van der Waals surface area contributed by atoms with E-state index in [1.165, 1.54) is 11.8 Å². The number of hydrogen-bond acceptors (Lipinski definition) is 10. The number of nitrogens with one attached hydrogen (secondary N) is 1. The average Bonchev–Trinajstić information content (AvgIpc) is 3.78. The van der Waals surface area contributed by atoms with E-state index in [1.807, 2.05) is 31.2 Å². The van der Waals surface area contributed by atoms with Crippen LogP contribution in [0, 0.1) is 5.92 Å². The summed E-state index contributed by atoms with van der Waals surface area (Å²) in [6, 6.07) is 19.3. The summed E-state index contributed by atoms with van der Waals surface area (Å²) in [7, 11) is 0. The Balaban J connectivity index is 1.18. The van der Waals surface area contributed by atoms with Gasteiger partial charge in [-0.25, -0.2) is 0 Å². The zero-order chi connectivity index (χ0) is 34.7. The minimum Gasteiger partial charge on any atom is -0.508 e. The lowest BCUT2D eigenvalue weighted by Gasteiger charge is -2.41. The first-order valence-corrected chi connectivity index (χ1v) is 16.5. The van der Waals surface area contributed by atoms with Crippen molar-refractivity contribution >= 4 is 29.3 Å². The molecule has 12 nitrogen and oxygen atoms in total. The van der Waals surface area contributed by atoms with Gasteiger partial charge in [0.05, 0.1) is 24.5 Å². The van der Waals surface area contributed by atoms with Crippen molar-refractivity contribution < 1.29 is 42.4 Å². The zero-order valence-electron chi connectivity index (χ0n) is 26.2. The fraction of sp³-hybridized carbons (Fsp3) is 0.364. The third-order valence-electron chi connectivity index (χ3n) is 8.54.